The molecule has 30 heavy (non-hydrogen) atoms. The molecule has 0 unspecified atom stereocenters. The summed E-state index contributed by atoms with van der Waals surface area (Å²) in [6.45, 7) is 0.224. The number of methoxy groups -OCH3 is 1. The molecule has 6 nitrogen and oxygen atoms in total. The summed E-state index contributed by atoms with van der Waals surface area (Å²) in [7, 11) is 1.65. The van der Waals surface area contributed by atoms with Gasteiger partial charge >= 0.3 is 0 Å². The highest BCUT2D eigenvalue weighted by Crippen LogP contribution is 2.42. The van der Waals surface area contributed by atoms with E-state index in [9.17, 15) is 0 Å². The van der Waals surface area contributed by atoms with Crippen molar-refractivity contribution >= 4 is 26.5 Å². The number of para-hydroxylation sites is 1. The minimum absolute atomic E-state index is 0.224. The average molecular weight is 416 g/mol. The van der Waals surface area contributed by atoms with Gasteiger partial charge in [0, 0.05) is 11.6 Å². The van der Waals surface area contributed by atoms with Crippen molar-refractivity contribution < 1.29 is 18.9 Å². The summed E-state index contributed by atoms with van der Waals surface area (Å²) < 4.78 is 25.8. The number of ether oxygens (including phenoxy) is 4. The van der Waals surface area contributed by atoms with Crippen LogP contribution in [0.3, 0.4) is 0 Å². The summed E-state index contributed by atoms with van der Waals surface area (Å²) in [4.78, 5) is 5.78. The first kappa shape index (κ1) is 17.2. The topological polar surface area (TPSA) is 54.2 Å². The van der Waals surface area contributed by atoms with E-state index >= 15 is 0 Å². The molecule has 7 heteroatoms. The number of benzene rings is 3. The summed E-state index contributed by atoms with van der Waals surface area (Å²) in [6.07, 6.45) is 0. The third-order valence-corrected chi connectivity index (χ3v) is 6.06. The minimum Gasteiger partial charge on any atom is -0.497 e. The van der Waals surface area contributed by atoms with Crippen molar-refractivity contribution in [2.75, 3.05) is 13.9 Å². The van der Waals surface area contributed by atoms with Crippen molar-refractivity contribution in [1.82, 2.24) is 9.38 Å². The van der Waals surface area contributed by atoms with Crippen LogP contribution in [0, 0.1) is 0 Å². The Balaban J connectivity index is 1.54. The van der Waals surface area contributed by atoms with E-state index in [2.05, 4.69) is 16.5 Å². The van der Waals surface area contributed by atoms with Crippen molar-refractivity contribution in [1.29, 1.82) is 0 Å². The fourth-order valence-corrected chi connectivity index (χ4v) is 4.59. The van der Waals surface area contributed by atoms with Gasteiger partial charge in [-0.25, -0.2) is 4.98 Å². The van der Waals surface area contributed by atoms with Crippen LogP contribution in [0.1, 0.15) is 0 Å². The average Bonchev–Trinajstić information content (AvgIpc) is 3.48. The number of hydrogen-bond acceptors (Lipinski definition) is 6. The van der Waals surface area contributed by atoms with Gasteiger partial charge in [0.2, 0.25) is 12.7 Å². The van der Waals surface area contributed by atoms with Gasteiger partial charge < -0.3 is 18.9 Å². The van der Waals surface area contributed by atoms with Gasteiger partial charge in [-0.2, -0.15) is 0 Å². The third-order valence-electron chi connectivity index (χ3n) is 5.03. The second kappa shape index (κ2) is 6.67. The molecule has 0 N–H and O–H groups in total. The van der Waals surface area contributed by atoms with Crippen molar-refractivity contribution in [3.05, 3.63) is 66.7 Å². The summed E-state index contributed by atoms with van der Waals surface area (Å²) in [5, 5.41) is 0. The zero-order valence-electron chi connectivity index (χ0n) is 16.0. The maximum absolute atomic E-state index is 6.41. The number of rotatable bonds is 4. The fourth-order valence-electron chi connectivity index (χ4n) is 3.58. The quantitative estimate of drug-likeness (QED) is 0.374. The molecule has 0 bridgehead atoms. The Hall–Kier alpha value is -3.71. The highest BCUT2D eigenvalue weighted by atomic mass is 32.1. The normalized spacial score (nSPS) is 12.6. The van der Waals surface area contributed by atoms with Gasteiger partial charge in [-0.05, 0) is 48.5 Å². The third kappa shape index (κ3) is 2.67. The van der Waals surface area contributed by atoms with E-state index in [0.29, 0.717) is 17.4 Å². The molecular weight excluding hydrogens is 400 g/mol. The molecule has 148 valence electrons. The van der Waals surface area contributed by atoms with Crippen LogP contribution in [-0.2, 0) is 0 Å². The molecule has 0 amide bonds. The molecular formula is C23H16N2O4S. The number of thiazole rings is 1. The van der Waals surface area contributed by atoms with Gasteiger partial charge in [0.25, 0.3) is 0 Å². The molecule has 1 aliphatic heterocycles. The molecule has 5 aromatic rings. The molecule has 0 atom stereocenters. The van der Waals surface area contributed by atoms with Crippen LogP contribution in [0.25, 0.3) is 26.4 Å². The number of aromatic nitrogens is 2. The Labute approximate surface area is 175 Å². The Morgan fingerprint density at radius 2 is 1.73 bits per heavy atom. The van der Waals surface area contributed by atoms with Crippen LogP contribution in [0.2, 0.25) is 0 Å². The molecule has 3 heterocycles. The van der Waals surface area contributed by atoms with Crippen LogP contribution >= 0.6 is 11.3 Å². The predicted molar refractivity (Wildman–Crippen MR) is 115 cm³/mol. The molecule has 0 fully saturated rings. The highest BCUT2D eigenvalue weighted by molar-refractivity contribution is 7.23. The molecule has 0 saturated carbocycles. The summed E-state index contributed by atoms with van der Waals surface area (Å²) in [5.74, 6) is 3.51. The van der Waals surface area contributed by atoms with Crippen molar-refractivity contribution in [3.8, 4) is 40.1 Å². The van der Waals surface area contributed by atoms with Gasteiger partial charge in [0.15, 0.2) is 16.5 Å². The maximum Gasteiger partial charge on any atom is 0.233 e. The zero-order chi connectivity index (χ0) is 20.1. The van der Waals surface area contributed by atoms with Gasteiger partial charge in [-0.15, -0.1) is 0 Å². The van der Waals surface area contributed by atoms with Gasteiger partial charge in [-0.1, -0.05) is 23.5 Å². The largest absolute Gasteiger partial charge is 0.497 e. The van der Waals surface area contributed by atoms with E-state index in [-0.39, 0.29) is 6.79 Å². The highest BCUT2D eigenvalue weighted by Gasteiger charge is 2.22. The summed E-state index contributed by atoms with van der Waals surface area (Å²) >= 11 is 1.63. The van der Waals surface area contributed by atoms with Gasteiger partial charge in [0.05, 0.1) is 17.3 Å². The number of hydrogen-bond donors (Lipinski definition) is 0. The van der Waals surface area contributed by atoms with E-state index < -0.39 is 0 Å². The molecule has 6 rings (SSSR count). The number of imidazole rings is 1. The smallest absolute Gasteiger partial charge is 0.233 e. The van der Waals surface area contributed by atoms with E-state index in [1.807, 2.05) is 54.6 Å². The lowest BCUT2D eigenvalue weighted by molar-refractivity contribution is 0.174. The minimum atomic E-state index is 0.224. The lowest BCUT2D eigenvalue weighted by Gasteiger charge is -2.09. The van der Waals surface area contributed by atoms with Crippen LogP contribution in [0.15, 0.2) is 66.7 Å². The van der Waals surface area contributed by atoms with E-state index in [4.69, 9.17) is 23.9 Å². The van der Waals surface area contributed by atoms with Crippen LogP contribution in [-0.4, -0.2) is 23.3 Å². The van der Waals surface area contributed by atoms with Gasteiger partial charge in [0.1, 0.15) is 17.2 Å². The van der Waals surface area contributed by atoms with Crippen molar-refractivity contribution in [2.24, 2.45) is 0 Å². The van der Waals surface area contributed by atoms with E-state index in [0.717, 1.165) is 37.9 Å². The summed E-state index contributed by atoms with van der Waals surface area (Å²) in [5.41, 5.74) is 2.78. The molecule has 0 saturated heterocycles. The van der Waals surface area contributed by atoms with E-state index in [1.165, 1.54) is 0 Å². The lowest BCUT2D eigenvalue weighted by Crippen LogP contribution is -1.93. The van der Waals surface area contributed by atoms with Crippen LogP contribution in [0.5, 0.6) is 28.9 Å². The van der Waals surface area contributed by atoms with E-state index in [1.54, 1.807) is 18.4 Å². The zero-order valence-corrected chi connectivity index (χ0v) is 16.8. The monoisotopic (exact) mass is 416 g/mol. The Bertz CT molecular complexity index is 1390. The summed E-state index contributed by atoms with van der Waals surface area (Å²) in [6, 6.07) is 21.6. The molecule has 0 radical (unpaired) electrons. The Morgan fingerprint density at radius 3 is 2.60 bits per heavy atom. The standard InChI is InChI=1S/C23H16N2O4S/c1-26-15-8-6-14(7-9-15)21-22(29-16-10-11-18-19(12-16)28-13-27-18)25-17-4-2-3-5-20(17)30-23(25)24-21/h2-12H,13H2,1H3. The second-order valence-corrected chi connectivity index (χ2v) is 7.81. The molecule has 3 aromatic carbocycles. The first-order valence-corrected chi connectivity index (χ1v) is 10.2. The second-order valence-electron chi connectivity index (χ2n) is 6.80. The van der Waals surface area contributed by atoms with Crippen molar-refractivity contribution in [2.45, 2.75) is 0 Å². The van der Waals surface area contributed by atoms with Crippen LogP contribution in [0.4, 0.5) is 0 Å². The Morgan fingerprint density at radius 1 is 0.933 bits per heavy atom. The number of nitrogens with zero attached hydrogens (tertiary/aromatic N) is 2. The molecule has 0 spiro atoms. The van der Waals surface area contributed by atoms with Crippen LogP contribution < -0.4 is 18.9 Å². The van der Waals surface area contributed by atoms with Crippen molar-refractivity contribution in [3.63, 3.8) is 0 Å². The lowest BCUT2D eigenvalue weighted by atomic mass is 10.1. The fraction of sp³-hybridized carbons (Fsp3) is 0.0870. The number of fused-ring (bicyclic) bond motifs is 4. The first-order chi connectivity index (χ1) is 14.8. The predicted octanol–water partition coefficient (Wildman–Crippen LogP) is 5.75. The molecule has 0 aliphatic carbocycles. The molecule has 1 aliphatic rings. The SMILES string of the molecule is COc1ccc(-c2nc3sc4ccccc4n3c2Oc2ccc3c(c2)OCO3)cc1. The molecule has 2 aromatic heterocycles. The maximum atomic E-state index is 6.41. The first-order valence-electron chi connectivity index (χ1n) is 9.42. The van der Waals surface area contributed by atoms with Gasteiger partial charge in [-0.3, -0.25) is 4.40 Å². The Kier molecular flexibility index (Phi) is 3.82.